The third-order valence-electron chi connectivity index (χ3n) is 17.1. The molecule has 0 heterocycles. The van der Waals surface area contributed by atoms with Gasteiger partial charge in [0.15, 0.2) is 34.7 Å². The Balaban J connectivity index is 1.01. The smallest absolute Gasteiger partial charge is 0.185 e. The van der Waals surface area contributed by atoms with E-state index in [-0.39, 0.29) is 73.2 Å². The van der Waals surface area contributed by atoms with Crippen LogP contribution in [0.15, 0.2) is 425 Å². The fourth-order valence-electron chi connectivity index (χ4n) is 12.5. The van der Waals surface area contributed by atoms with E-state index in [0.717, 1.165) is 66.9 Å². The zero-order valence-electron chi connectivity index (χ0n) is 49.4. The van der Waals surface area contributed by atoms with Crippen molar-refractivity contribution in [1.82, 2.24) is 0 Å². The number of carbonyl (C=O) groups is 6. The van der Waals surface area contributed by atoms with Gasteiger partial charge in [0.2, 0.25) is 0 Å². The summed E-state index contributed by atoms with van der Waals surface area (Å²) in [6, 6.07) is 0. The van der Waals surface area contributed by atoms with Crippen molar-refractivity contribution < 1.29 is 28.8 Å². The molecule has 13 rings (SSSR count). The highest BCUT2D eigenvalue weighted by Crippen LogP contribution is 2.41. The molecule has 0 aromatic heterocycles. The van der Waals surface area contributed by atoms with Crippen molar-refractivity contribution >= 4 is 34.7 Å². The van der Waals surface area contributed by atoms with Crippen molar-refractivity contribution in [3.63, 3.8) is 0 Å². The second-order valence-corrected chi connectivity index (χ2v) is 23.2. The normalized spacial score (nSPS) is 22.3. The summed E-state index contributed by atoms with van der Waals surface area (Å²) in [5, 5.41) is 0. The molecule has 1 fully saturated rings. The maximum atomic E-state index is 15.5. The molecule has 0 aromatic carbocycles. The molecule has 0 atom stereocenters. The van der Waals surface area contributed by atoms with Crippen LogP contribution in [0.1, 0.15) is 38.5 Å². The predicted molar refractivity (Wildman–Crippen MR) is 361 cm³/mol. The molecule has 0 saturated heterocycles. The lowest BCUT2D eigenvalue weighted by Crippen LogP contribution is -2.22. The minimum Gasteiger partial charge on any atom is -0.289 e. The van der Waals surface area contributed by atoms with Crippen molar-refractivity contribution in [2.45, 2.75) is 38.5 Å². The van der Waals surface area contributed by atoms with Gasteiger partial charge in [-0.1, -0.05) is 219 Å². The van der Waals surface area contributed by atoms with Gasteiger partial charge in [-0.05, 0) is 140 Å². The zero-order chi connectivity index (χ0) is 61.5. The average molecular weight is 1170 g/mol. The van der Waals surface area contributed by atoms with Crippen molar-refractivity contribution in [1.29, 1.82) is 0 Å². The van der Waals surface area contributed by atoms with Gasteiger partial charge >= 0.3 is 0 Å². The van der Waals surface area contributed by atoms with Gasteiger partial charge in [0.1, 0.15) is 0 Å². The Hall–Kier alpha value is -11.3. The molecular formula is C84H60O6. The molecule has 13 aliphatic rings. The van der Waals surface area contributed by atoms with E-state index in [1.165, 1.54) is 0 Å². The van der Waals surface area contributed by atoms with Gasteiger partial charge in [-0.3, -0.25) is 28.8 Å². The van der Waals surface area contributed by atoms with E-state index in [1.807, 2.05) is 292 Å². The van der Waals surface area contributed by atoms with E-state index in [9.17, 15) is 0 Å². The van der Waals surface area contributed by atoms with Gasteiger partial charge < -0.3 is 0 Å². The van der Waals surface area contributed by atoms with Crippen molar-refractivity contribution in [2.75, 3.05) is 0 Å². The number of allylic oxidation sites excluding steroid dienone is 72. The summed E-state index contributed by atoms with van der Waals surface area (Å²) in [7, 11) is 0. The van der Waals surface area contributed by atoms with Crippen LogP contribution in [-0.4, -0.2) is 34.7 Å². The number of carbonyl (C=O) groups excluding carboxylic acids is 6. The maximum Gasteiger partial charge on any atom is 0.185 e. The number of fused-ring (bicyclic) bond motifs is 12. The lowest BCUT2D eigenvalue weighted by Gasteiger charge is -2.25. The Labute approximate surface area is 524 Å². The molecule has 90 heavy (non-hydrogen) atoms. The summed E-state index contributed by atoms with van der Waals surface area (Å²) in [5.74, 6) is -1.84. The molecular weight excluding hydrogens is 1100 g/mol. The molecule has 0 aliphatic heterocycles. The first-order valence-electron chi connectivity index (χ1n) is 30.4. The molecule has 13 aliphatic carbocycles. The highest BCUT2D eigenvalue weighted by molar-refractivity contribution is 6.21. The highest BCUT2D eigenvalue weighted by atomic mass is 16.1. The van der Waals surface area contributed by atoms with E-state index >= 15 is 28.8 Å². The van der Waals surface area contributed by atoms with Crippen LogP contribution >= 0.6 is 0 Å². The fourth-order valence-corrected chi connectivity index (χ4v) is 12.5. The average Bonchev–Trinajstić information content (AvgIpc) is 0.915. The summed E-state index contributed by atoms with van der Waals surface area (Å²) in [5.41, 5.74) is 13.7. The molecule has 6 heteroatoms. The Morgan fingerprint density at radius 1 is 0.133 bits per heavy atom. The Kier molecular flexibility index (Phi) is 16.6. The van der Waals surface area contributed by atoms with Gasteiger partial charge in [-0.2, -0.15) is 0 Å². The monoisotopic (exact) mass is 1160 g/mol. The quantitative estimate of drug-likeness (QED) is 0.239. The van der Waals surface area contributed by atoms with E-state index in [2.05, 4.69) is 0 Å². The zero-order valence-corrected chi connectivity index (χ0v) is 49.4. The fraction of sp³-hybridized carbons (Fsp3) is 0.0714. The van der Waals surface area contributed by atoms with Gasteiger partial charge in [-0.25, -0.2) is 0 Å². The molecule has 1 saturated carbocycles. The minimum absolute atomic E-state index is 0.0574. The lowest BCUT2D eigenvalue weighted by molar-refractivity contribution is -0.114. The summed E-state index contributed by atoms with van der Waals surface area (Å²) in [4.78, 5) is 93.3. The van der Waals surface area contributed by atoms with Crippen LogP contribution in [0.2, 0.25) is 0 Å². The summed E-state index contributed by atoms with van der Waals surface area (Å²) in [6.45, 7) is 0. The number of Topliss-reactive ketones (excluding diaryl/α,β-unsaturated/α-hetero) is 6. The molecule has 0 spiro atoms. The molecule has 432 valence electrons. The molecule has 0 amide bonds. The summed E-state index contributed by atoms with van der Waals surface area (Å²) in [6.07, 6.45) is 91.9. The third kappa shape index (κ3) is 12.6. The standard InChI is InChI=1S/C84H60O6/c85-79-67-37-61(55-25-13-1-2-14-26-55)38-68(79)50-70-40-63(57-29-17-5-6-18-30-57)42-72(81(70)87)52-74-44-65(59-33-21-9-10-22-34-59)46-76(83(74)89)54-78-48-66(60-35-23-11-12-24-36-60)47-77(84(78)90)53-75-45-64(58-31-19-7-8-20-32-58)43-73(82(75)88)51-71-41-62(39-69(49-67)80(71)86)56-27-15-3-4-16-28-56/h1-48H,49-54H2. The van der Waals surface area contributed by atoms with Crippen LogP contribution in [0.4, 0.5) is 0 Å². The number of hydrogen-bond donors (Lipinski definition) is 0. The van der Waals surface area contributed by atoms with Crippen LogP contribution in [0.5, 0.6) is 0 Å². The van der Waals surface area contributed by atoms with Crippen LogP contribution < -0.4 is 0 Å². The number of rotatable bonds is 0. The summed E-state index contributed by atoms with van der Waals surface area (Å²) < 4.78 is 0. The molecule has 0 aromatic rings. The van der Waals surface area contributed by atoms with Crippen LogP contribution in [0.25, 0.3) is 0 Å². The third-order valence-corrected chi connectivity index (χ3v) is 17.1. The molecule has 0 N–H and O–H groups in total. The Morgan fingerprint density at radius 2 is 0.233 bits per heavy atom. The number of hydrogen-bond acceptors (Lipinski definition) is 6. The van der Waals surface area contributed by atoms with Gasteiger partial charge in [0, 0.05) is 105 Å². The van der Waals surface area contributed by atoms with E-state index in [1.54, 1.807) is 0 Å². The van der Waals surface area contributed by atoms with E-state index < -0.39 is 0 Å². The molecule has 12 bridgehead atoms. The molecule has 0 radical (unpaired) electrons. The SMILES string of the molecule is O=C1C2=CC(=C3C=CC=CC=C3)C=C1CC1=CC(=C3C=CC=CC=C3)C=C(CC3=CC(=C4C=CC=CC=C4)C=C(CC4=CC(=C5C=CC=CC=C5)C=C(CC5=CC(=C6C=CC=CC=C6)C=C(CC6=CC(=C7C=CC=CC=C7)C=C(C2)C6=O)C5=O)C4=O)C3=O)C1=O. The van der Waals surface area contributed by atoms with Gasteiger partial charge in [-0.15, -0.1) is 0 Å². The Morgan fingerprint density at radius 3 is 0.333 bits per heavy atom. The highest BCUT2D eigenvalue weighted by Gasteiger charge is 2.35. The molecule has 0 unspecified atom stereocenters. The lowest BCUT2D eigenvalue weighted by atomic mass is 9.77. The second kappa shape index (κ2) is 25.9. The number of ketones is 6. The van der Waals surface area contributed by atoms with Gasteiger partial charge in [0.25, 0.3) is 0 Å². The Bertz CT molecular complexity index is 3630. The largest absolute Gasteiger partial charge is 0.289 e. The van der Waals surface area contributed by atoms with Crippen molar-refractivity contribution in [3.05, 3.63) is 425 Å². The minimum atomic E-state index is -0.306. The van der Waals surface area contributed by atoms with E-state index in [0.29, 0.717) is 66.9 Å². The van der Waals surface area contributed by atoms with E-state index in [4.69, 9.17) is 0 Å². The van der Waals surface area contributed by atoms with Gasteiger partial charge in [0.05, 0.1) is 0 Å². The first-order valence-corrected chi connectivity index (χ1v) is 30.4. The first kappa shape index (κ1) is 57.7. The maximum absolute atomic E-state index is 15.5. The van der Waals surface area contributed by atoms with Crippen molar-refractivity contribution in [2.24, 2.45) is 0 Å². The second-order valence-electron chi connectivity index (χ2n) is 23.2. The van der Waals surface area contributed by atoms with Crippen LogP contribution in [-0.2, 0) is 28.8 Å². The van der Waals surface area contributed by atoms with Crippen LogP contribution in [0.3, 0.4) is 0 Å². The first-order chi connectivity index (χ1) is 44.1. The molecule has 6 nitrogen and oxygen atoms in total. The topological polar surface area (TPSA) is 102 Å². The predicted octanol–water partition coefficient (Wildman–Crippen LogP) is 16.8. The summed E-state index contributed by atoms with van der Waals surface area (Å²) >= 11 is 0. The van der Waals surface area contributed by atoms with Crippen LogP contribution in [0, 0.1) is 0 Å². The van der Waals surface area contributed by atoms with Crippen molar-refractivity contribution in [3.8, 4) is 0 Å².